The predicted molar refractivity (Wildman–Crippen MR) is 47.4 cm³/mol. The van der Waals surface area contributed by atoms with Crippen LogP contribution in [0.2, 0.25) is 0 Å². The van der Waals surface area contributed by atoms with Gasteiger partial charge in [0.25, 0.3) is 0 Å². The molecule has 0 fully saturated rings. The Hall–Kier alpha value is -1.55. The lowest BCUT2D eigenvalue weighted by atomic mass is 10.2. The maximum Gasteiger partial charge on any atom is 0.151 e. The van der Waals surface area contributed by atoms with E-state index in [2.05, 4.69) is 10.2 Å². The molecule has 0 bridgehead atoms. The summed E-state index contributed by atoms with van der Waals surface area (Å²) in [5.74, 6) is -0.353. The Morgan fingerprint density at radius 2 is 2.15 bits per heavy atom. The van der Waals surface area contributed by atoms with E-state index in [9.17, 15) is 4.39 Å². The average Bonchev–Trinajstić information content (AvgIpc) is 2.18. The van der Waals surface area contributed by atoms with E-state index in [4.69, 9.17) is 5.73 Å². The summed E-state index contributed by atoms with van der Waals surface area (Å²) >= 11 is 0. The molecule has 0 saturated carbocycles. The summed E-state index contributed by atoms with van der Waals surface area (Å²) in [6.07, 6.45) is 0. The average molecular weight is 177 g/mol. The molecule has 0 radical (unpaired) electrons. The maximum absolute atomic E-state index is 13.1. The molecule has 0 atom stereocenters. The second-order valence-electron chi connectivity index (χ2n) is 2.72. The third-order valence-electron chi connectivity index (χ3n) is 1.83. The third kappa shape index (κ3) is 1.36. The van der Waals surface area contributed by atoms with E-state index >= 15 is 0 Å². The Balaban J connectivity index is 2.72. The summed E-state index contributed by atoms with van der Waals surface area (Å²) in [6.45, 7) is 0.319. The molecule has 1 aromatic heterocycles. The van der Waals surface area contributed by atoms with E-state index in [-0.39, 0.29) is 5.82 Å². The Morgan fingerprint density at radius 3 is 2.92 bits per heavy atom. The van der Waals surface area contributed by atoms with Crippen molar-refractivity contribution in [1.29, 1.82) is 0 Å². The number of fused-ring (bicyclic) bond motifs is 1. The first-order valence-electron chi connectivity index (χ1n) is 3.92. The molecule has 0 aliphatic rings. The third-order valence-corrected chi connectivity index (χ3v) is 1.83. The molecule has 0 saturated heterocycles. The Morgan fingerprint density at radius 1 is 1.31 bits per heavy atom. The minimum absolute atomic E-state index is 0.291. The Bertz CT molecular complexity index is 442. The van der Waals surface area contributed by atoms with Gasteiger partial charge in [0.1, 0.15) is 5.52 Å². The highest BCUT2D eigenvalue weighted by atomic mass is 19.1. The number of benzene rings is 1. The first-order chi connectivity index (χ1) is 6.31. The summed E-state index contributed by atoms with van der Waals surface area (Å²) in [7, 11) is 0. The van der Waals surface area contributed by atoms with Crippen LogP contribution in [0.4, 0.5) is 4.39 Å². The van der Waals surface area contributed by atoms with Crippen molar-refractivity contribution in [2.45, 2.75) is 6.54 Å². The van der Waals surface area contributed by atoms with Gasteiger partial charge in [0.2, 0.25) is 0 Å². The molecule has 0 aliphatic carbocycles. The number of hydrogen-bond donors (Lipinski definition) is 1. The van der Waals surface area contributed by atoms with E-state index in [1.54, 1.807) is 18.2 Å². The number of nitrogens with zero attached hydrogens (tertiary/aromatic N) is 2. The molecule has 0 amide bonds. The summed E-state index contributed by atoms with van der Waals surface area (Å²) in [5, 5.41) is 8.25. The minimum atomic E-state index is -0.353. The largest absolute Gasteiger partial charge is 0.325 e. The van der Waals surface area contributed by atoms with Crippen molar-refractivity contribution in [1.82, 2.24) is 10.2 Å². The smallest absolute Gasteiger partial charge is 0.151 e. The van der Waals surface area contributed by atoms with E-state index < -0.39 is 0 Å². The molecule has 2 rings (SSSR count). The van der Waals surface area contributed by atoms with Gasteiger partial charge >= 0.3 is 0 Å². The summed E-state index contributed by atoms with van der Waals surface area (Å²) in [4.78, 5) is 0. The number of aromatic nitrogens is 2. The molecule has 1 heterocycles. The van der Waals surface area contributed by atoms with E-state index in [0.29, 0.717) is 17.8 Å². The number of rotatable bonds is 1. The van der Waals surface area contributed by atoms with Gasteiger partial charge in [-0.3, -0.25) is 0 Å². The van der Waals surface area contributed by atoms with Crippen molar-refractivity contribution < 1.29 is 4.39 Å². The van der Waals surface area contributed by atoms with Crippen LogP contribution in [0.15, 0.2) is 24.3 Å². The molecule has 66 valence electrons. The molecule has 0 spiro atoms. The van der Waals surface area contributed by atoms with Gasteiger partial charge in [-0.05, 0) is 12.1 Å². The van der Waals surface area contributed by atoms with Gasteiger partial charge in [-0.2, -0.15) is 5.10 Å². The van der Waals surface area contributed by atoms with Crippen molar-refractivity contribution in [3.05, 3.63) is 35.8 Å². The highest BCUT2D eigenvalue weighted by Crippen LogP contribution is 2.14. The molecule has 2 aromatic rings. The second-order valence-corrected chi connectivity index (χ2v) is 2.72. The molecule has 0 unspecified atom stereocenters. The number of hydrogen-bond acceptors (Lipinski definition) is 3. The van der Waals surface area contributed by atoms with E-state index in [0.717, 1.165) is 5.39 Å². The highest BCUT2D eigenvalue weighted by Gasteiger charge is 2.02. The molecule has 13 heavy (non-hydrogen) atoms. The quantitative estimate of drug-likeness (QED) is 0.712. The van der Waals surface area contributed by atoms with Crippen LogP contribution in [-0.4, -0.2) is 10.2 Å². The van der Waals surface area contributed by atoms with Gasteiger partial charge < -0.3 is 5.73 Å². The highest BCUT2D eigenvalue weighted by molar-refractivity contribution is 5.78. The maximum atomic E-state index is 13.1. The number of halogens is 1. The van der Waals surface area contributed by atoms with Crippen molar-refractivity contribution in [3.8, 4) is 0 Å². The van der Waals surface area contributed by atoms with Crippen molar-refractivity contribution >= 4 is 10.9 Å². The zero-order chi connectivity index (χ0) is 9.26. The first kappa shape index (κ1) is 8.07. The van der Waals surface area contributed by atoms with Gasteiger partial charge in [0, 0.05) is 11.9 Å². The van der Waals surface area contributed by atoms with Crippen LogP contribution in [0.25, 0.3) is 10.9 Å². The van der Waals surface area contributed by atoms with Gasteiger partial charge in [-0.25, -0.2) is 4.39 Å². The zero-order valence-electron chi connectivity index (χ0n) is 6.87. The van der Waals surface area contributed by atoms with E-state index in [1.807, 2.05) is 0 Å². The molecule has 1 aromatic carbocycles. The second kappa shape index (κ2) is 3.06. The fourth-order valence-electron chi connectivity index (χ4n) is 1.18. The van der Waals surface area contributed by atoms with Crippen molar-refractivity contribution in [2.75, 3.05) is 0 Å². The Kier molecular flexibility index (Phi) is 1.90. The zero-order valence-corrected chi connectivity index (χ0v) is 6.87. The lowest BCUT2D eigenvalue weighted by Gasteiger charge is -1.99. The lowest BCUT2D eigenvalue weighted by Crippen LogP contribution is -2.01. The van der Waals surface area contributed by atoms with Crippen LogP contribution >= 0.6 is 0 Å². The monoisotopic (exact) mass is 177 g/mol. The molecule has 3 nitrogen and oxygen atoms in total. The normalized spacial score (nSPS) is 10.6. The van der Waals surface area contributed by atoms with Crippen LogP contribution in [0.5, 0.6) is 0 Å². The van der Waals surface area contributed by atoms with Crippen LogP contribution < -0.4 is 5.73 Å². The predicted octanol–water partition coefficient (Wildman–Crippen LogP) is 1.23. The van der Waals surface area contributed by atoms with E-state index in [1.165, 1.54) is 6.07 Å². The molecule has 2 N–H and O–H groups in total. The topological polar surface area (TPSA) is 51.8 Å². The fourth-order valence-corrected chi connectivity index (χ4v) is 1.18. The van der Waals surface area contributed by atoms with Crippen molar-refractivity contribution in [2.24, 2.45) is 5.73 Å². The van der Waals surface area contributed by atoms with Crippen LogP contribution in [0, 0.1) is 5.82 Å². The van der Waals surface area contributed by atoms with Gasteiger partial charge in [0.15, 0.2) is 5.82 Å². The van der Waals surface area contributed by atoms with Gasteiger partial charge in [-0.15, -0.1) is 5.10 Å². The summed E-state index contributed by atoms with van der Waals surface area (Å²) in [5.41, 5.74) is 6.34. The standard InChI is InChI=1S/C9H8FN3/c10-8-3-1-2-6-4-7(5-11)12-13-9(6)8/h1-4H,5,11H2. The summed E-state index contributed by atoms with van der Waals surface area (Å²) < 4.78 is 13.1. The molecule has 4 heteroatoms. The molecule has 0 aliphatic heterocycles. The van der Waals surface area contributed by atoms with Gasteiger partial charge in [-0.1, -0.05) is 12.1 Å². The lowest BCUT2D eigenvalue weighted by molar-refractivity contribution is 0.634. The summed E-state index contributed by atoms with van der Waals surface area (Å²) in [6, 6.07) is 6.52. The Labute approximate surface area is 74.4 Å². The van der Waals surface area contributed by atoms with Crippen LogP contribution in [0.1, 0.15) is 5.69 Å². The molecular weight excluding hydrogens is 169 g/mol. The van der Waals surface area contributed by atoms with Crippen LogP contribution in [0.3, 0.4) is 0 Å². The van der Waals surface area contributed by atoms with Crippen molar-refractivity contribution in [3.63, 3.8) is 0 Å². The minimum Gasteiger partial charge on any atom is -0.325 e. The molecular formula is C9H8FN3. The van der Waals surface area contributed by atoms with Crippen LogP contribution in [-0.2, 0) is 6.54 Å². The SMILES string of the molecule is NCc1cc2cccc(F)c2nn1. The van der Waals surface area contributed by atoms with Gasteiger partial charge in [0.05, 0.1) is 5.69 Å². The first-order valence-corrected chi connectivity index (χ1v) is 3.92. The fraction of sp³-hybridized carbons (Fsp3) is 0.111. The number of nitrogens with two attached hydrogens (primary N) is 1.